The average Bonchev–Trinajstić information content (AvgIpc) is 2.90. The van der Waals surface area contributed by atoms with Crippen LogP contribution in [0.25, 0.3) is 11.3 Å². The van der Waals surface area contributed by atoms with Crippen molar-refractivity contribution in [3.63, 3.8) is 0 Å². The highest BCUT2D eigenvalue weighted by Crippen LogP contribution is 2.27. The molecule has 0 spiro atoms. The zero-order valence-electron chi connectivity index (χ0n) is 12.9. The van der Waals surface area contributed by atoms with Crippen LogP contribution < -0.4 is 20.7 Å². The molecule has 8 heteroatoms. The summed E-state index contributed by atoms with van der Waals surface area (Å²) >= 11 is 0. The van der Waals surface area contributed by atoms with Crippen molar-refractivity contribution in [3.8, 4) is 5.75 Å². The molecule has 2 aliphatic carbocycles. The number of hydroxylamine groups is 1. The molecule has 2 aliphatic rings. The first-order valence-corrected chi connectivity index (χ1v) is 7.37. The number of allylic oxidation sites excluding steroid dienone is 1. The van der Waals surface area contributed by atoms with Crippen LogP contribution in [0.1, 0.15) is 0 Å². The van der Waals surface area contributed by atoms with Crippen LogP contribution >= 0.6 is 0 Å². The Kier molecular flexibility index (Phi) is 4.55. The Bertz CT molecular complexity index is 913. The Morgan fingerprint density at radius 1 is 1.12 bits per heavy atom. The lowest BCUT2D eigenvalue weighted by Gasteiger charge is -2.17. The van der Waals surface area contributed by atoms with Gasteiger partial charge in [-0.25, -0.2) is 9.59 Å². The summed E-state index contributed by atoms with van der Waals surface area (Å²) in [6.45, 7) is -0.902. The number of aliphatic carboxylic acids is 2. The smallest absolute Gasteiger partial charge is 0.341 e. The molecule has 0 amide bonds. The summed E-state index contributed by atoms with van der Waals surface area (Å²) in [6, 6.07) is 5.04. The van der Waals surface area contributed by atoms with E-state index in [4.69, 9.17) is 19.7 Å². The lowest BCUT2D eigenvalue weighted by molar-refractivity contribution is -0.143. The SMILES string of the molecule is O=C(O)COc1ccc2c(c1)=C(NO)C1=CC(OCC(=O)O)C=CC=21. The molecule has 0 saturated carbocycles. The topological polar surface area (TPSA) is 125 Å². The van der Waals surface area contributed by atoms with Gasteiger partial charge in [0.2, 0.25) is 0 Å². The fraction of sp³-hybridized carbons (Fsp3) is 0.176. The molecule has 1 unspecified atom stereocenters. The normalized spacial score (nSPS) is 17.6. The summed E-state index contributed by atoms with van der Waals surface area (Å²) in [4.78, 5) is 21.2. The predicted octanol–water partition coefficient (Wildman–Crippen LogP) is -0.633. The molecule has 0 heterocycles. The van der Waals surface area contributed by atoms with Crippen LogP contribution in [0.2, 0.25) is 0 Å². The van der Waals surface area contributed by atoms with Crippen molar-refractivity contribution in [3.05, 3.63) is 52.4 Å². The van der Waals surface area contributed by atoms with Gasteiger partial charge in [0, 0.05) is 10.8 Å². The van der Waals surface area contributed by atoms with Crippen LogP contribution in [0, 0.1) is 0 Å². The largest absolute Gasteiger partial charge is 0.482 e. The van der Waals surface area contributed by atoms with Crippen molar-refractivity contribution >= 4 is 23.2 Å². The van der Waals surface area contributed by atoms with Crippen LogP contribution in [-0.2, 0) is 14.3 Å². The van der Waals surface area contributed by atoms with E-state index in [1.165, 1.54) is 0 Å². The first-order valence-electron chi connectivity index (χ1n) is 7.37. The number of benzene rings is 1. The van der Waals surface area contributed by atoms with Crippen molar-refractivity contribution in [2.24, 2.45) is 0 Å². The minimum atomic E-state index is -1.09. The molecule has 25 heavy (non-hydrogen) atoms. The molecule has 0 saturated heterocycles. The van der Waals surface area contributed by atoms with Crippen molar-refractivity contribution in [2.75, 3.05) is 13.2 Å². The van der Waals surface area contributed by atoms with Gasteiger partial charge in [0.15, 0.2) is 6.61 Å². The zero-order valence-corrected chi connectivity index (χ0v) is 12.9. The highest BCUT2D eigenvalue weighted by molar-refractivity contribution is 5.93. The minimum absolute atomic E-state index is 0.358. The third kappa shape index (κ3) is 3.39. The maximum Gasteiger partial charge on any atom is 0.341 e. The van der Waals surface area contributed by atoms with E-state index in [9.17, 15) is 14.8 Å². The van der Waals surface area contributed by atoms with E-state index >= 15 is 0 Å². The minimum Gasteiger partial charge on any atom is -0.482 e. The quantitative estimate of drug-likeness (QED) is 0.481. The molecule has 0 aliphatic heterocycles. The maximum absolute atomic E-state index is 10.6. The fourth-order valence-electron chi connectivity index (χ4n) is 2.78. The highest BCUT2D eigenvalue weighted by Gasteiger charge is 2.23. The number of hydrogen-bond donors (Lipinski definition) is 4. The lowest BCUT2D eigenvalue weighted by atomic mass is 9.98. The van der Waals surface area contributed by atoms with Gasteiger partial charge in [-0.1, -0.05) is 12.2 Å². The number of ether oxygens (including phenoxy) is 2. The molecule has 0 aromatic heterocycles. The van der Waals surface area contributed by atoms with Crippen molar-refractivity contribution in [2.45, 2.75) is 6.10 Å². The first kappa shape index (κ1) is 16.7. The molecule has 1 aromatic rings. The van der Waals surface area contributed by atoms with E-state index in [0.29, 0.717) is 22.2 Å². The van der Waals surface area contributed by atoms with Gasteiger partial charge in [-0.05, 0) is 35.1 Å². The summed E-state index contributed by atoms with van der Waals surface area (Å²) in [6.07, 6.45) is 4.69. The van der Waals surface area contributed by atoms with E-state index in [2.05, 4.69) is 5.48 Å². The molecule has 0 radical (unpaired) electrons. The second-order valence-electron chi connectivity index (χ2n) is 5.40. The van der Waals surface area contributed by atoms with Crippen LogP contribution in [-0.4, -0.2) is 46.7 Å². The Balaban J connectivity index is 1.98. The summed E-state index contributed by atoms with van der Waals surface area (Å²) in [7, 11) is 0. The van der Waals surface area contributed by atoms with Crippen molar-refractivity contribution in [1.29, 1.82) is 0 Å². The molecular weight excluding hydrogens is 330 g/mol. The molecule has 8 nitrogen and oxygen atoms in total. The summed E-state index contributed by atoms with van der Waals surface area (Å²) < 4.78 is 10.4. The lowest BCUT2D eigenvalue weighted by Crippen LogP contribution is -2.27. The Hall–Kier alpha value is -3.10. The molecule has 1 atom stereocenters. The number of carboxylic acid groups (broad SMARTS) is 2. The maximum atomic E-state index is 10.6. The van der Waals surface area contributed by atoms with Gasteiger partial charge in [0.1, 0.15) is 12.4 Å². The number of rotatable bonds is 7. The number of nitrogens with one attached hydrogen (secondary N) is 1. The van der Waals surface area contributed by atoms with Gasteiger partial charge >= 0.3 is 11.9 Å². The monoisotopic (exact) mass is 345 g/mol. The van der Waals surface area contributed by atoms with E-state index in [-0.39, 0.29) is 0 Å². The van der Waals surface area contributed by atoms with Gasteiger partial charge in [-0.3, -0.25) is 10.7 Å². The van der Waals surface area contributed by atoms with Crippen LogP contribution in [0.15, 0.2) is 42.0 Å². The average molecular weight is 345 g/mol. The number of carboxylic acids is 2. The third-order valence-electron chi connectivity index (χ3n) is 3.77. The Morgan fingerprint density at radius 2 is 1.88 bits per heavy atom. The van der Waals surface area contributed by atoms with Crippen LogP contribution in [0.5, 0.6) is 5.75 Å². The molecule has 130 valence electrons. The molecule has 1 aromatic carbocycles. The van der Waals surface area contributed by atoms with Gasteiger partial charge < -0.3 is 19.7 Å². The van der Waals surface area contributed by atoms with E-state index in [1.807, 2.05) is 0 Å². The van der Waals surface area contributed by atoms with Gasteiger partial charge in [-0.2, -0.15) is 0 Å². The highest BCUT2D eigenvalue weighted by atomic mass is 16.5. The molecule has 3 rings (SSSR count). The Labute approximate surface area is 141 Å². The second kappa shape index (κ2) is 6.80. The number of hydrogen-bond acceptors (Lipinski definition) is 6. The van der Waals surface area contributed by atoms with Gasteiger partial charge in [-0.15, -0.1) is 0 Å². The molecule has 0 bridgehead atoms. The summed E-state index contributed by atoms with van der Waals surface area (Å²) in [5.41, 5.74) is 4.07. The first-order chi connectivity index (χ1) is 12.0. The predicted molar refractivity (Wildman–Crippen MR) is 85.2 cm³/mol. The summed E-state index contributed by atoms with van der Waals surface area (Å²) in [5.74, 6) is -1.80. The van der Waals surface area contributed by atoms with E-state index < -0.39 is 31.3 Å². The number of carbonyl (C=O) groups is 2. The third-order valence-corrected chi connectivity index (χ3v) is 3.77. The fourth-order valence-corrected chi connectivity index (χ4v) is 2.78. The number of fused-ring (bicyclic) bond motifs is 2. The van der Waals surface area contributed by atoms with Gasteiger partial charge in [0.05, 0.1) is 11.8 Å². The van der Waals surface area contributed by atoms with E-state index in [1.54, 1.807) is 36.4 Å². The molecule has 4 N–H and O–H groups in total. The standard InChI is InChI=1S/C17H15NO7/c19-15(20)7-24-9-1-3-11-12-4-2-10(25-8-16(21)22)6-14(12)17(18-23)13(11)5-9/h1-6,9,18,23H,7-8H2,(H,19,20)(H,21,22). The molecule has 0 fully saturated rings. The Morgan fingerprint density at radius 3 is 2.56 bits per heavy atom. The van der Waals surface area contributed by atoms with Gasteiger partial charge in [0.25, 0.3) is 0 Å². The van der Waals surface area contributed by atoms with Crippen LogP contribution in [0.3, 0.4) is 0 Å². The van der Waals surface area contributed by atoms with Crippen molar-refractivity contribution in [1.82, 2.24) is 5.48 Å². The van der Waals surface area contributed by atoms with Crippen LogP contribution in [0.4, 0.5) is 0 Å². The van der Waals surface area contributed by atoms with Crippen molar-refractivity contribution < 1.29 is 34.5 Å². The summed E-state index contributed by atoms with van der Waals surface area (Å²) in [5, 5.41) is 28.4. The zero-order chi connectivity index (χ0) is 18.0. The molecular formula is C17H15NO7. The van der Waals surface area contributed by atoms with E-state index in [0.717, 1.165) is 10.8 Å². The second-order valence-corrected chi connectivity index (χ2v) is 5.40.